The number of carbonyl (C=O) groups is 1. The van der Waals surface area contributed by atoms with Crippen molar-refractivity contribution in [1.29, 1.82) is 0 Å². The number of sulfonamides is 1. The van der Waals surface area contributed by atoms with Crippen LogP contribution in [0, 0.1) is 25.7 Å². The lowest BCUT2D eigenvalue weighted by molar-refractivity contribution is -0.120. The molecule has 1 amide bonds. The molecule has 3 atom stereocenters. The van der Waals surface area contributed by atoms with Crippen LogP contribution in [0.25, 0.3) is 0 Å². The Morgan fingerprint density at radius 2 is 1.79 bits per heavy atom. The van der Waals surface area contributed by atoms with Crippen molar-refractivity contribution in [3.05, 3.63) is 59.7 Å². The zero-order valence-corrected chi connectivity index (χ0v) is 17.8. The Morgan fingerprint density at radius 1 is 1.03 bits per heavy atom. The van der Waals surface area contributed by atoms with E-state index in [0.29, 0.717) is 17.5 Å². The SMILES string of the molecule is Cc1ccc(N(CC(=O)N[C@H]2C[C@@H]3CC[C@H]2C3)S(=O)(=O)c2ccccc2)cc1C. The number of hydrogen-bond donors (Lipinski definition) is 1. The number of nitrogens with one attached hydrogen (secondary N) is 1. The van der Waals surface area contributed by atoms with Crippen molar-refractivity contribution in [2.75, 3.05) is 10.8 Å². The third-order valence-electron chi connectivity index (χ3n) is 6.48. The minimum atomic E-state index is -3.85. The number of fused-ring (bicyclic) bond motifs is 2. The minimum absolute atomic E-state index is 0.183. The van der Waals surface area contributed by atoms with Crippen molar-refractivity contribution in [2.45, 2.75) is 50.5 Å². The first-order valence-electron chi connectivity index (χ1n) is 10.3. The van der Waals surface area contributed by atoms with Crippen LogP contribution >= 0.6 is 0 Å². The summed E-state index contributed by atoms with van der Waals surface area (Å²) in [5.74, 6) is 1.03. The fourth-order valence-electron chi connectivity index (χ4n) is 4.72. The fourth-order valence-corrected chi connectivity index (χ4v) is 6.15. The largest absolute Gasteiger partial charge is 0.352 e. The van der Waals surface area contributed by atoms with Gasteiger partial charge in [-0.05, 0) is 80.3 Å². The molecule has 1 N–H and O–H groups in total. The van der Waals surface area contributed by atoms with Gasteiger partial charge in [0.1, 0.15) is 6.54 Å². The molecule has 0 unspecified atom stereocenters. The van der Waals surface area contributed by atoms with Crippen LogP contribution in [0.15, 0.2) is 53.4 Å². The summed E-state index contributed by atoms with van der Waals surface area (Å²) in [6.07, 6.45) is 4.63. The smallest absolute Gasteiger partial charge is 0.264 e. The number of amides is 1. The third-order valence-corrected chi connectivity index (χ3v) is 8.27. The van der Waals surface area contributed by atoms with Gasteiger partial charge in [0.05, 0.1) is 10.6 Å². The summed E-state index contributed by atoms with van der Waals surface area (Å²) in [5, 5.41) is 3.12. The van der Waals surface area contributed by atoms with Gasteiger partial charge in [-0.25, -0.2) is 8.42 Å². The van der Waals surface area contributed by atoms with Crippen LogP contribution in [0.5, 0.6) is 0 Å². The van der Waals surface area contributed by atoms with Gasteiger partial charge in [0, 0.05) is 6.04 Å². The van der Waals surface area contributed by atoms with E-state index in [1.165, 1.54) is 23.6 Å². The van der Waals surface area contributed by atoms with Gasteiger partial charge < -0.3 is 5.32 Å². The Hall–Kier alpha value is -2.34. The topological polar surface area (TPSA) is 66.5 Å². The molecule has 4 rings (SSSR count). The third kappa shape index (κ3) is 4.04. The lowest BCUT2D eigenvalue weighted by atomic mass is 9.95. The molecule has 6 heteroatoms. The Bertz CT molecular complexity index is 1000. The molecule has 0 aromatic heterocycles. The molecule has 2 saturated carbocycles. The summed E-state index contributed by atoms with van der Waals surface area (Å²) >= 11 is 0. The van der Waals surface area contributed by atoms with Gasteiger partial charge in [0.25, 0.3) is 10.0 Å². The monoisotopic (exact) mass is 412 g/mol. The maximum Gasteiger partial charge on any atom is 0.264 e. The van der Waals surface area contributed by atoms with E-state index in [1.54, 1.807) is 36.4 Å². The van der Waals surface area contributed by atoms with Crippen molar-refractivity contribution >= 4 is 21.6 Å². The Morgan fingerprint density at radius 3 is 2.41 bits per heavy atom. The first-order chi connectivity index (χ1) is 13.8. The molecule has 2 fully saturated rings. The van der Waals surface area contributed by atoms with E-state index in [-0.39, 0.29) is 23.4 Å². The number of carbonyl (C=O) groups excluding carboxylic acids is 1. The highest BCUT2D eigenvalue weighted by Gasteiger charge is 2.40. The second-order valence-electron chi connectivity index (χ2n) is 8.44. The van der Waals surface area contributed by atoms with E-state index in [2.05, 4.69) is 5.32 Å². The summed E-state index contributed by atoms with van der Waals surface area (Å²) < 4.78 is 28.0. The maximum absolute atomic E-state index is 13.4. The predicted molar refractivity (Wildman–Crippen MR) is 114 cm³/mol. The van der Waals surface area contributed by atoms with Gasteiger partial charge in [0.2, 0.25) is 5.91 Å². The zero-order chi connectivity index (χ0) is 20.6. The van der Waals surface area contributed by atoms with E-state index in [4.69, 9.17) is 0 Å². The van der Waals surface area contributed by atoms with Crippen LogP contribution < -0.4 is 9.62 Å². The van der Waals surface area contributed by atoms with Crippen molar-refractivity contribution in [1.82, 2.24) is 5.32 Å². The first-order valence-corrected chi connectivity index (χ1v) is 11.7. The first kappa shape index (κ1) is 20.0. The molecule has 0 heterocycles. The Kier molecular flexibility index (Phi) is 5.38. The lowest BCUT2D eigenvalue weighted by Crippen LogP contribution is -2.46. The molecule has 2 aliphatic carbocycles. The van der Waals surface area contributed by atoms with Gasteiger partial charge >= 0.3 is 0 Å². The molecule has 154 valence electrons. The Balaban J connectivity index is 1.61. The zero-order valence-electron chi connectivity index (χ0n) is 17.0. The number of hydrogen-bond acceptors (Lipinski definition) is 3. The molecular formula is C23H28N2O3S. The number of anilines is 1. The molecule has 2 aliphatic rings. The van der Waals surface area contributed by atoms with Crippen molar-refractivity contribution in [3.8, 4) is 0 Å². The average Bonchev–Trinajstić information content (AvgIpc) is 3.32. The summed E-state index contributed by atoms with van der Waals surface area (Å²) in [5.41, 5.74) is 2.58. The summed E-state index contributed by atoms with van der Waals surface area (Å²) in [6, 6.07) is 14.0. The van der Waals surface area contributed by atoms with Gasteiger partial charge in [-0.1, -0.05) is 30.7 Å². The van der Waals surface area contributed by atoms with E-state index >= 15 is 0 Å². The molecule has 0 aliphatic heterocycles. The van der Waals surface area contributed by atoms with E-state index in [0.717, 1.165) is 17.5 Å². The number of nitrogens with zero attached hydrogens (tertiary/aromatic N) is 1. The fraction of sp³-hybridized carbons (Fsp3) is 0.435. The number of aryl methyl sites for hydroxylation is 2. The summed E-state index contributed by atoms with van der Waals surface area (Å²) in [6.45, 7) is 3.71. The quantitative estimate of drug-likeness (QED) is 0.785. The van der Waals surface area contributed by atoms with Crippen molar-refractivity contribution in [3.63, 3.8) is 0 Å². The molecule has 29 heavy (non-hydrogen) atoms. The van der Waals surface area contributed by atoms with Gasteiger partial charge in [-0.15, -0.1) is 0 Å². The standard InChI is InChI=1S/C23H28N2O3S/c1-16-8-11-20(12-17(16)2)25(29(27,28)21-6-4-3-5-7-21)15-23(26)24-22-14-18-9-10-19(22)13-18/h3-8,11-12,18-19,22H,9-10,13-15H2,1-2H3,(H,24,26)/t18-,19+,22+/m1/s1. The van der Waals surface area contributed by atoms with Crippen LogP contribution in [0.4, 0.5) is 5.69 Å². The molecular weight excluding hydrogens is 384 g/mol. The molecule has 2 aromatic carbocycles. The molecule has 0 saturated heterocycles. The highest BCUT2D eigenvalue weighted by Crippen LogP contribution is 2.44. The number of rotatable bonds is 6. The second kappa shape index (κ2) is 7.82. The molecule has 0 radical (unpaired) electrons. The molecule has 2 aromatic rings. The average molecular weight is 413 g/mol. The Labute approximate surface area is 173 Å². The predicted octanol–water partition coefficient (Wildman–Crippen LogP) is 3.80. The minimum Gasteiger partial charge on any atom is -0.352 e. The van der Waals surface area contributed by atoms with E-state index in [9.17, 15) is 13.2 Å². The van der Waals surface area contributed by atoms with Crippen LogP contribution in [0.2, 0.25) is 0 Å². The van der Waals surface area contributed by atoms with Crippen LogP contribution in [-0.2, 0) is 14.8 Å². The van der Waals surface area contributed by atoms with Crippen molar-refractivity contribution in [2.24, 2.45) is 11.8 Å². The van der Waals surface area contributed by atoms with E-state index < -0.39 is 10.0 Å². The molecule has 0 spiro atoms. The molecule has 5 nitrogen and oxygen atoms in total. The summed E-state index contributed by atoms with van der Waals surface area (Å²) in [4.78, 5) is 13.1. The lowest BCUT2D eigenvalue weighted by Gasteiger charge is -2.27. The molecule has 2 bridgehead atoms. The highest BCUT2D eigenvalue weighted by atomic mass is 32.2. The van der Waals surface area contributed by atoms with Gasteiger partial charge in [0.15, 0.2) is 0 Å². The van der Waals surface area contributed by atoms with E-state index in [1.807, 2.05) is 26.0 Å². The maximum atomic E-state index is 13.4. The van der Waals surface area contributed by atoms with Crippen LogP contribution in [0.3, 0.4) is 0 Å². The van der Waals surface area contributed by atoms with Crippen LogP contribution in [0.1, 0.15) is 36.8 Å². The van der Waals surface area contributed by atoms with Gasteiger partial charge in [-0.3, -0.25) is 9.10 Å². The van der Waals surface area contributed by atoms with Crippen LogP contribution in [-0.4, -0.2) is 26.9 Å². The van der Waals surface area contributed by atoms with Gasteiger partial charge in [-0.2, -0.15) is 0 Å². The highest BCUT2D eigenvalue weighted by molar-refractivity contribution is 7.92. The number of benzene rings is 2. The second-order valence-corrected chi connectivity index (χ2v) is 10.3. The normalized spacial score (nSPS) is 23.2. The summed E-state index contributed by atoms with van der Waals surface area (Å²) in [7, 11) is -3.85. The van der Waals surface area contributed by atoms with Crippen molar-refractivity contribution < 1.29 is 13.2 Å².